The Kier molecular flexibility index (Phi) is 6.83. The molecule has 0 atom stereocenters. The molecule has 7 nitrogen and oxygen atoms in total. The molecule has 4 rings (SSSR count). The summed E-state index contributed by atoms with van der Waals surface area (Å²) in [6, 6.07) is 9.23. The highest BCUT2D eigenvalue weighted by Crippen LogP contribution is 2.28. The first-order chi connectivity index (χ1) is 15.0. The summed E-state index contributed by atoms with van der Waals surface area (Å²) in [6.07, 6.45) is 5.16. The van der Waals surface area contributed by atoms with Gasteiger partial charge in [-0.2, -0.15) is 4.99 Å². The number of aryl methyl sites for hydroxylation is 1. The van der Waals surface area contributed by atoms with Crippen LogP contribution in [0.3, 0.4) is 0 Å². The molecule has 3 heterocycles. The van der Waals surface area contributed by atoms with E-state index in [4.69, 9.17) is 15.5 Å². The molecule has 2 aliphatic rings. The SMILES string of the molecule is CCc1ccc2nc(N3CCC(NC4CCOCC4)CC3)c(C(=O)N=C(C)N)cc2c1. The van der Waals surface area contributed by atoms with Crippen LogP contribution in [0.4, 0.5) is 5.82 Å². The van der Waals surface area contributed by atoms with Crippen molar-refractivity contribution in [1.29, 1.82) is 0 Å². The molecule has 0 saturated carbocycles. The first-order valence-electron chi connectivity index (χ1n) is 11.4. The van der Waals surface area contributed by atoms with Gasteiger partial charge in [0, 0.05) is 43.8 Å². The lowest BCUT2D eigenvalue weighted by Gasteiger charge is -2.36. The third-order valence-corrected chi connectivity index (χ3v) is 6.26. The topological polar surface area (TPSA) is 92.8 Å². The van der Waals surface area contributed by atoms with Crippen LogP contribution < -0.4 is 16.0 Å². The van der Waals surface area contributed by atoms with Gasteiger partial charge in [-0.3, -0.25) is 4.79 Å². The number of hydrogen-bond acceptors (Lipinski definition) is 5. The second-order valence-electron chi connectivity index (χ2n) is 8.61. The number of carbonyl (C=O) groups excluding carboxylic acids is 1. The minimum absolute atomic E-state index is 0.262. The number of hydrogen-bond donors (Lipinski definition) is 2. The number of pyridine rings is 1. The minimum Gasteiger partial charge on any atom is -0.387 e. The minimum atomic E-state index is -0.325. The molecular formula is C24H33N5O2. The Hall–Kier alpha value is -2.51. The third kappa shape index (κ3) is 5.22. The summed E-state index contributed by atoms with van der Waals surface area (Å²) in [5.41, 5.74) is 8.36. The number of piperidine rings is 1. The van der Waals surface area contributed by atoms with Crippen molar-refractivity contribution in [3.8, 4) is 0 Å². The van der Waals surface area contributed by atoms with Crippen LogP contribution in [0, 0.1) is 0 Å². The van der Waals surface area contributed by atoms with Crippen molar-refractivity contribution >= 4 is 28.5 Å². The Labute approximate surface area is 184 Å². The normalized spacial score (nSPS) is 19.2. The molecule has 0 unspecified atom stereocenters. The molecule has 7 heteroatoms. The van der Waals surface area contributed by atoms with Gasteiger partial charge in [0.15, 0.2) is 0 Å². The number of nitrogens with one attached hydrogen (secondary N) is 1. The van der Waals surface area contributed by atoms with Crippen LogP contribution in [0.15, 0.2) is 29.3 Å². The number of aliphatic imine (C=N–C) groups is 1. The standard InChI is InChI=1S/C24H33N5O2/c1-3-17-4-5-22-18(14-17)15-21(24(30)26-16(2)25)23(28-22)29-10-6-19(7-11-29)27-20-8-12-31-13-9-20/h4-5,14-15,19-20,27H,3,6-13H2,1-2H3,(H2,25,26,30). The van der Waals surface area contributed by atoms with Gasteiger partial charge in [0.1, 0.15) is 11.7 Å². The monoisotopic (exact) mass is 423 g/mol. The molecule has 2 fully saturated rings. The molecule has 2 aliphatic heterocycles. The summed E-state index contributed by atoms with van der Waals surface area (Å²) in [4.78, 5) is 24.0. The van der Waals surface area contributed by atoms with Crippen molar-refractivity contribution in [2.75, 3.05) is 31.2 Å². The molecule has 1 aromatic carbocycles. The molecule has 0 spiro atoms. The zero-order chi connectivity index (χ0) is 21.8. The predicted octanol–water partition coefficient (Wildman–Crippen LogP) is 3.05. The van der Waals surface area contributed by atoms with Crippen LogP contribution in [0.25, 0.3) is 10.9 Å². The fourth-order valence-corrected chi connectivity index (χ4v) is 4.51. The second-order valence-corrected chi connectivity index (χ2v) is 8.61. The molecule has 1 aromatic heterocycles. The molecule has 31 heavy (non-hydrogen) atoms. The van der Waals surface area contributed by atoms with Crippen molar-refractivity contribution in [3.05, 3.63) is 35.4 Å². The van der Waals surface area contributed by atoms with E-state index in [0.717, 1.165) is 75.1 Å². The molecule has 0 radical (unpaired) electrons. The smallest absolute Gasteiger partial charge is 0.282 e. The Morgan fingerprint density at radius 1 is 1.19 bits per heavy atom. The number of benzene rings is 1. The highest BCUT2D eigenvalue weighted by molar-refractivity contribution is 6.07. The molecular weight excluding hydrogens is 390 g/mol. The number of carbonyl (C=O) groups is 1. The zero-order valence-corrected chi connectivity index (χ0v) is 18.6. The van der Waals surface area contributed by atoms with E-state index >= 15 is 0 Å². The maximum Gasteiger partial charge on any atom is 0.282 e. The summed E-state index contributed by atoms with van der Waals surface area (Å²) in [5.74, 6) is 0.655. The van der Waals surface area contributed by atoms with E-state index < -0.39 is 0 Å². The largest absolute Gasteiger partial charge is 0.387 e. The van der Waals surface area contributed by atoms with Crippen molar-refractivity contribution in [2.24, 2.45) is 10.7 Å². The van der Waals surface area contributed by atoms with Gasteiger partial charge in [-0.05, 0) is 62.8 Å². The Bertz CT molecular complexity index is 956. The van der Waals surface area contributed by atoms with Gasteiger partial charge in [0.25, 0.3) is 5.91 Å². The van der Waals surface area contributed by atoms with Gasteiger partial charge >= 0.3 is 0 Å². The number of nitrogens with zero attached hydrogens (tertiary/aromatic N) is 3. The Morgan fingerprint density at radius 2 is 1.90 bits per heavy atom. The number of ether oxygens (including phenoxy) is 1. The number of amides is 1. The summed E-state index contributed by atoms with van der Waals surface area (Å²) >= 11 is 0. The average molecular weight is 424 g/mol. The summed E-state index contributed by atoms with van der Waals surface area (Å²) in [5, 5.41) is 4.77. The number of nitrogens with two attached hydrogens (primary N) is 1. The first-order valence-corrected chi connectivity index (χ1v) is 11.4. The quantitative estimate of drug-likeness (QED) is 0.567. The number of anilines is 1. The van der Waals surface area contributed by atoms with Crippen LogP contribution >= 0.6 is 0 Å². The van der Waals surface area contributed by atoms with E-state index in [9.17, 15) is 4.79 Å². The van der Waals surface area contributed by atoms with Gasteiger partial charge in [-0.25, -0.2) is 4.98 Å². The number of rotatable bonds is 5. The van der Waals surface area contributed by atoms with Crippen molar-refractivity contribution in [3.63, 3.8) is 0 Å². The van der Waals surface area contributed by atoms with Crippen molar-refractivity contribution < 1.29 is 9.53 Å². The fourth-order valence-electron chi connectivity index (χ4n) is 4.51. The number of fused-ring (bicyclic) bond motifs is 1. The Balaban J connectivity index is 1.57. The molecule has 166 valence electrons. The van der Waals surface area contributed by atoms with Gasteiger partial charge in [0.2, 0.25) is 0 Å². The highest BCUT2D eigenvalue weighted by atomic mass is 16.5. The Morgan fingerprint density at radius 3 is 2.58 bits per heavy atom. The fraction of sp³-hybridized carbons (Fsp3) is 0.542. The van der Waals surface area contributed by atoms with Gasteiger partial charge in [0.05, 0.1) is 11.1 Å². The van der Waals surface area contributed by atoms with Gasteiger partial charge in [-0.1, -0.05) is 13.0 Å². The lowest BCUT2D eigenvalue weighted by Crippen LogP contribution is -2.48. The van der Waals surface area contributed by atoms with Crippen molar-refractivity contribution in [1.82, 2.24) is 10.3 Å². The lowest BCUT2D eigenvalue weighted by atomic mass is 10.0. The van der Waals surface area contributed by atoms with Crippen LogP contribution in [0.5, 0.6) is 0 Å². The summed E-state index contributed by atoms with van der Waals surface area (Å²) < 4.78 is 5.47. The van der Waals surface area contributed by atoms with Crippen LogP contribution in [-0.4, -0.2) is 55.1 Å². The van der Waals surface area contributed by atoms with E-state index in [-0.39, 0.29) is 11.7 Å². The van der Waals surface area contributed by atoms with Gasteiger partial charge in [-0.15, -0.1) is 0 Å². The van der Waals surface area contributed by atoms with E-state index in [1.54, 1.807) is 6.92 Å². The molecule has 2 saturated heterocycles. The molecule has 3 N–H and O–H groups in total. The zero-order valence-electron chi connectivity index (χ0n) is 18.6. The first kappa shape index (κ1) is 21.7. The third-order valence-electron chi connectivity index (χ3n) is 6.26. The highest BCUT2D eigenvalue weighted by Gasteiger charge is 2.26. The molecule has 0 bridgehead atoms. The van der Waals surface area contributed by atoms with E-state index in [2.05, 4.69) is 34.3 Å². The maximum absolute atomic E-state index is 12.9. The lowest BCUT2D eigenvalue weighted by molar-refractivity contribution is 0.0738. The van der Waals surface area contributed by atoms with E-state index in [1.807, 2.05) is 12.1 Å². The van der Waals surface area contributed by atoms with Crippen LogP contribution in [-0.2, 0) is 11.2 Å². The molecule has 2 aromatic rings. The summed E-state index contributed by atoms with van der Waals surface area (Å²) in [7, 11) is 0. The predicted molar refractivity (Wildman–Crippen MR) is 125 cm³/mol. The van der Waals surface area contributed by atoms with Crippen molar-refractivity contribution in [2.45, 2.75) is 58.0 Å². The molecule has 1 amide bonds. The number of amidine groups is 1. The second kappa shape index (κ2) is 9.75. The van der Waals surface area contributed by atoms with E-state index in [1.165, 1.54) is 5.56 Å². The molecule has 0 aliphatic carbocycles. The van der Waals surface area contributed by atoms with Gasteiger partial charge < -0.3 is 20.7 Å². The maximum atomic E-state index is 12.9. The average Bonchev–Trinajstić information content (AvgIpc) is 2.78. The number of aromatic nitrogens is 1. The van der Waals surface area contributed by atoms with E-state index in [0.29, 0.717) is 17.6 Å². The van der Waals surface area contributed by atoms with Crippen LogP contribution in [0.2, 0.25) is 0 Å². The summed E-state index contributed by atoms with van der Waals surface area (Å²) in [6.45, 7) is 7.17. The van der Waals surface area contributed by atoms with Crippen LogP contribution in [0.1, 0.15) is 55.5 Å².